The molecule has 1 aromatic carbocycles. The Bertz CT molecular complexity index is 478. The van der Waals surface area contributed by atoms with Gasteiger partial charge in [-0.25, -0.2) is 0 Å². The average molecular weight is 316 g/mol. The number of halogens is 2. The van der Waals surface area contributed by atoms with Gasteiger partial charge in [-0.3, -0.25) is 0 Å². The first-order valence-electron chi connectivity index (χ1n) is 7.21. The van der Waals surface area contributed by atoms with Crippen LogP contribution in [0.25, 0.3) is 0 Å². The number of ether oxygens (including phenoxy) is 1. The van der Waals surface area contributed by atoms with Crippen LogP contribution in [0.1, 0.15) is 31.2 Å². The Hall–Kier alpha value is -0.440. The van der Waals surface area contributed by atoms with E-state index < -0.39 is 0 Å². The van der Waals surface area contributed by atoms with Gasteiger partial charge in [-0.2, -0.15) is 0 Å². The molecule has 112 valence electrons. The summed E-state index contributed by atoms with van der Waals surface area (Å²) in [6.07, 6.45) is 6.13. The largest absolute Gasteiger partial charge is 0.486 e. The molecule has 4 heteroatoms. The highest BCUT2D eigenvalue weighted by molar-refractivity contribution is 6.30. The Balaban J connectivity index is 0.00000147. The van der Waals surface area contributed by atoms with Crippen molar-refractivity contribution in [1.82, 2.24) is 4.90 Å². The summed E-state index contributed by atoms with van der Waals surface area (Å²) in [6, 6.07) is 6.09. The Kier molecular flexibility index (Phi) is 4.88. The first-order valence-corrected chi connectivity index (χ1v) is 7.59. The molecule has 1 aromatic rings. The SMILES string of the molecule is CN(C)CC1CCCCC12Cc1ccc(Cl)cc1O2.Cl. The lowest BCUT2D eigenvalue weighted by Crippen LogP contribution is -2.48. The zero-order chi connectivity index (χ0) is 13.5. The van der Waals surface area contributed by atoms with Crippen LogP contribution in [0.15, 0.2) is 18.2 Å². The summed E-state index contributed by atoms with van der Waals surface area (Å²) in [5.41, 5.74) is 1.35. The van der Waals surface area contributed by atoms with Crippen molar-refractivity contribution in [2.45, 2.75) is 37.7 Å². The van der Waals surface area contributed by atoms with Crippen molar-refractivity contribution in [2.24, 2.45) is 5.92 Å². The Morgan fingerprint density at radius 2 is 2.15 bits per heavy atom. The quantitative estimate of drug-likeness (QED) is 0.811. The van der Waals surface area contributed by atoms with Crippen molar-refractivity contribution in [2.75, 3.05) is 20.6 Å². The average Bonchev–Trinajstić information content (AvgIpc) is 2.70. The maximum Gasteiger partial charge on any atom is 0.125 e. The van der Waals surface area contributed by atoms with Gasteiger partial charge < -0.3 is 9.64 Å². The molecule has 0 N–H and O–H groups in total. The normalized spacial score (nSPS) is 28.1. The molecule has 1 aliphatic heterocycles. The number of nitrogens with zero attached hydrogens (tertiary/aromatic N) is 1. The molecule has 1 saturated carbocycles. The number of hydrogen-bond donors (Lipinski definition) is 0. The first kappa shape index (κ1) is 15.9. The van der Waals surface area contributed by atoms with Crippen molar-refractivity contribution in [1.29, 1.82) is 0 Å². The molecule has 1 fully saturated rings. The highest BCUT2D eigenvalue weighted by Gasteiger charge is 2.47. The van der Waals surface area contributed by atoms with Crippen molar-refractivity contribution >= 4 is 24.0 Å². The molecule has 0 aromatic heterocycles. The van der Waals surface area contributed by atoms with Crippen LogP contribution in [0.5, 0.6) is 5.75 Å². The molecule has 0 amide bonds. The third-order valence-corrected chi connectivity index (χ3v) is 4.80. The maximum atomic E-state index is 6.42. The van der Waals surface area contributed by atoms with Gasteiger partial charge in [0.05, 0.1) is 0 Å². The molecule has 1 aliphatic carbocycles. The summed E-state index contributed by atoms with van der Waals surface area (Å²) >= 11 is 6.08. The van der Waals surface area contributed by atoms with Gasteiger partial charge >= 0.3 is 0 Å². The predicted octanol–water partition coefficient (Wildman–Crippen LogP) is 4.19. The molecule has 0 saturated heterocycles. The maximum absolute atomic E-state index is 6.42. The second-order valence-electron chi connectivity index (χ2n) is 6.30. The van der Waals surface area contributed by atoms with Crippen LogP contribution in [0, 0.1) is 5.92 Å². The minimum atomic E-state index is 0. The zero-order valence-electron chi connectivity index (χ0n) is 12.2. The zero-order valence-corrected chi connectivity index (χ0v) is 13.8. The number of rotatable bonds is 2. The molecule has 1 spiro atoms. The van der Waals surface area contributed by atoms with Crippen molar-refractivity contribution in [3.63, 3.8) is 0 Å². The Labute approximate surface area is 132 Å². The molecular weight excluding hydrogens is 293 g/mol. The molecule has 2 aliphatic rings. The molecule has 2 nitrogen and oxygen atoms in total. The molecule has 2 unspecified atom stereocenters. The molecule has 1 heterocycles. The highest BCUT2D eigenvalue weighted by Crippen LogP contribution is 2.47. The summed E-state index contributed by atoms with van der Waals surface area (Å²) in [6.45, 7) is 1.11. The van der Waals surface area contributed by atoms with Crippen LogP contribution in [-0.4, -0.2) is 31.1 Å². The van der Waals surface area contributed by atoms with E-state index in [1.807, 2.05) is 12.1 Å². The van der Waals surface area contributed by atoms with E-state index in [1.165, 1.54) is 31.2 Å². The van der Waals surface area contributed by atoms with Gasteiger partial charge in [-0.15, -0.1) is 12.4 Å². The Morgan fingerprint density at radius 1 is 1.35 bits per heavy atom. The lowest BCUT2D eigenvalue weighted by molar-refractivity contribution is -0.0149. The molecule has 0 bridgehead atoms. The summed E-state index contributed by atoms with van der Waals surface area (Å²) in [5, 5.41) is 0.774. The van der Waals surface area contributed by atoms with Crippen LogP contribution in [0.4, 0.5) is 0 Å². The van der Waals surface area contributed by atoms with E-state index in [-0.39, 0.29) is 18.0 Å². The van der Waals surface area contributed by atoms with Crippen LogP contribution in [0.3, 0.4) is 0 Å². The lowest BCUT2D eigenvalue weighted by atomic mass is 9.73. The fourth-order valence-corrected chi connectivity index (χ4v) is 3.86. The van der Waals surface area contributed by atoms with Crippen LogP contribution >= 0.6 is 24.0 Å². The predicted molar refractivity (Wildman–Crippen MR) is 86.3 cm³/mol. The monoisotopic (exact) mass is 315 g/mol. The molecule has 2 atom stereocenters. The standard InChI is InChI=1S/C16H22ClNO.ClH/c1-18(2)11-13-5-3-4-8-16(13)10-12-6-7-14(17)9-15(12)19-16;/h6-7,9,13H,3-5,8,10-11H2,1-2H3;1H. The van der Waals surface area contributed by atoms with E-state index in [0.29, 0.717) is 5.92 Å². The molecular formula is C16H23Cl2NO. The third kappa shape index (κ3) is 2.93. The van der Waals surface area contributed by atoms with E-state index in [1.54, 1.807) is 0 Å². The fraction of sp³-hybridized carbons (Fsp3) is 0.625. The minimum absolute atomic E-state index is 0. The van der Waals surface area contributed by atoms with E-state index in [2.05, 4.69) is 25.1 Å². The second kappa shape index (κ2) is 6.13. The van der Waals surface area contributed by atoms with Gasteiger partial charge in [0.15, 0.2) is 0 Å². The molecule has 0 radical (unpaired) electrons. The van der Waals surface area contributed by atoms with Crippen molar-refractivity contribution < 1.29 is 4.74 Å². The fourth-order valence-electron chi connectivity index (χ4n) is 3.69. The Morgan fingerprint density at radius 3 is 2.90 bits per heavy atom. The van der Waals surface area contributed by atoms with Crippen molar-refractivity contribution in [3.8, 4) is 5.75 Å². The van der Waals surface area contributed by atoms with Gasteiger partial charge in [-0.1, -0.05) is 24.1 Å². The van der Waals surface area contributed by atoms with Crippen LogP contribution < -0.4 is 4.74 Å². The summed E-state index contributed by atoms with van der Waals surface area (Å²) < 4.78 is 6.42. The van der Waals surface area contributed by atoms with E-state index in [9.17, 15) is 0 Å². The van der Waals surface area contributed by atoms with Gasteiger partial charge in [0.25, 0.3) is 0 Å². The first-order chi connectivity index (χ1) is 9.09. The smallest absolute Gasteiger partial charge is 0.125 e. The third-order valence-electron chi connectivity index (χ3n) is 4.56. The summed E-state index contributed by atoms with van der Waals surface area (Å²) in [7, 11) is 4.31. The lowest BCUT2D eigenvalue weighted by Gasteiger charge is -2.41. The van der Waals surface area contributed by atoms with E-state index >= 15 is 0 Å². The topological polar surface area (TPSA) is 12.5 Å². The van der Waals surface area contributed by atoms with Crippen LogP contribution in [0.2, 0.25) is 5.02 Å². The van der Waals surface area contributed by atoms with E-state index in [0.717, 1.165) is 23.7 Å². The van der Waals surface area contributed by atoms with E-state index in [4.69, 9.17) is 16.3 Å². The van der Waals surface area contributed by atoms with Gasteiger partial charge in [0.1, 0.15) is 11.4 Å². The van der Waals surface area contributed by atoms with Gasteiger partial charge in [0, 0.05) is 23.9 Å². The van der Waals surface area contributed by atoms with Crippen molar-refractivity contribution in [3.05, 3.63) is 28.8 Å². The molecule has 3 rings (SSSR count). The van der Waals surface area contributed by atoms with Gasteiger partial charge in [-0.05, 0) is 51.1 Å². The number of benzene rings is 1. The highest BCUT2D eigenvalue weighted by atomic mass is 35.5. The van der Waals surface area contributed by atoms with Gasteiger partial charge in [0.2, 0.25) is 0 Å². The number of hydrogen-bond acceptors (Lipinski definition) is 2. The molecule has 20 heavy (non-hydrogen) atoms. The van der Waals surface area contributed by atoms with Crippen LogP contribution in [-0.2, 0) is 6.42 Å². The number of fused-ring (bicyclic) bond motifs is 1. The summed E-state index contributed by atoms with van der Waals surface area (Å²) in [5.74, 6) is 1.64. The summed E-state index contributed by atoms with van der Waals surface area (Å²) in [4.78, 5) is 2.29. The second-order valence-corrected chi connectivity index (χ2v) is 6.74. The minimum Gasteiger partial charge on any atom is -0.486 e.